The molecule has 0 heterocycles. The van der Waals surface area contributed by atoms with Crippen molar-refractivity contribution in [3.05, 3.63) is 24.3 Å². The van der Waals surface area contributed by atoms with E-state index in [0.29, 0.717) is 17.4 Å². The van der Waals surface area contributed by atoms with E-state index in [4.69, 9.17) is 18.5 Å². The lowest BCUT2D eigenvalue weighted by atomic mass is 10.1. The maximum absolute atomic E-state index is 12.6. The molecule has 306 valence electrons. The van der Waals surface area contributed by atoms with Gasteiger partial charge in [0.25, 0.3) is 7.82 Å². The number of hydrogen-bond donors (Lipinski definition) is 0. The Morgan fingerprint density at radius 2 is 0.981 bits per heavy atom. The summed E-state index contributed by atoms with van der Waals surface area (Å²) in [5.41, 5.74) is 0. The number of nitrogens with zero attached hydrogens (tertiary/aromatic N) is 1. The summed E-state index contributed by atoms with van der Waals surface area (Å²) < 4.78 is 33.8. The highest BCUT2D eigenvalue weighted by molar-refractivity contribution is 7.45. The topological polar surface area (TPSA) is 111 Å². The number of likely N-dealkylation sites (N-methyl/N-ethyl adjacent to an activating group) is 1. The van der Waals surface area contributed by atoms with Crippen molar-refractivity contribution in [2.45, 2.75) is 187 Å². The first-order valence-corrected chi connectivity index (χ1v) is 22.5. The van der Waals surface area contributed by atoms with Crippen molar-refractivity contribution in [3.8, 4) is 0 Å². The molecule has 0 aromatic carbocycles. The van der Waals surface area contributed by atoms with Gasteiger partial charge in [-0.15, -0.1) is 0 Å². The van der Waals surface area contributed by atoms with Gasteiger partial charge < -0.3 is 27.9 Å². The van der Waals surface area contributed by atoms with Gasteiger partial charge in [0.15, 0.2) is 6.10 Å². The monoisotopic (exact) mass is 758 g/mol. The predicted octanol–water partition coefficient (Wildman–Crippen LogP) is 10.9. The van der Waals surface area contributed by atoms with E-state index in [0.717, 1.165) is 64.2 Å². The van der Waals surface area contributed by atoms with Crippen LogP contribution in [-0.4, -0.2) is 70.0 Å². The van der Waals surface area contributed by atoms with Crippen LogP contribution in [0.15, 0.2) is 24.3 Å². The van der Waals surface area contributed by atoms with Crippen LogP contribution in [-0.2, 0) is 32.7 Å². The van der Waals surface area contributed by atoms with E-state index in [1.165, 1.54) is 83.5 Å². The van der Waals surface area contributed by atoms with Crippen molar-refractivity contribution in [1.82, 2.24) is 0 Å². The van der Waals surface area contributed by atoms with Crippen LogP contribution in [0.4, 0.5) is 0 Å². The van der Waals surface area contributed by atoms with Gasteiger partial charge in [-0.3, -0.25) is 14.2 Å². The number of phosphoric acid groups is 1. The van der Waals surface area contributed by atoms with Crippen LogP contribution in [0, 0.1) is 0 Å². The molecule has 0 saturated carbocycles. The van der Waals surface area contributed by atoms with Gasteiger partial charge in [0.05, 0.1) is 27.7 Å². The fraction of sp³-hybridized carbons (Fsp3) is 0.857. The minimum atomic E-state index is -4.62. The molecule has 0 aromatic rings. The van der Waals surface area contributed by atoms with Crippen molar-refractivity contribution < 1.29 is 42.1 Å². The lowest BCUT2D eigenvalue weighted by Gasteiger charge is -2.28. The maximum atomic E-state index is 12.6. The number of ether oxygens (including phenoxy) is 2. The predicted molar refractivity (Wildman–Crippen MR) is 213 cm³/mol. The molecule has 9 nitrogen and oxygen atoms in total. The molecule has 0 spiro atoms. The number of hydrogen-bond acceptors (Lipinski definition) is 8. The second-order valence-electron chi connectivity index (χ2n) is 15.3. The third-order valence-corrected chi connectivity index (χ3v) is 9.91. The van der Waals surface area contributed by atoms with Crippen LogP contribution < -0.4 is 4.89 Å². The molecule has 0 aliphatic heterocycles. The molecule has 0 rings (SSSR count). The van der Waals surface area contributed by atoms with Crippen molar-refractivity contribution in [2.24, 2.45) is 0 Å². The highest BCUT2D eigenvalue weighted by Crippen LogP contribution is 2.38. The largest absolute Gasteiger partial charge is 0.756 e. The van der Waals surface area contributed by atoms with E-state index in [1.54, 1.807) is 0 Å². The van der Waals surface area contributed by atoms with Crippen LogP contribution in [0.25, 0.3) is 0 Å². The fourth-order valence-corrected chi connectivity index (χ4v) is 6.31. The molecule has 0 radical (unpaired) electrons. The molecular weight excluding hydrogens is 677 g/mol. The summed E-state index contributed by atoms with van der Waals surface area (Å²) in [5, 5.41) is 0. The highest BCUT2D eigenvalue weighted by atomic mass is 31.2. The third-order valence-electron chi connectivity index (χ3n) is 8.94. The third kappa shape index (κ3) is 38.2. The molecule has 1 unspecified atom stereocenters. The summed E-state index contributed by atoms with van der Waals surface area (Å²) in [4.78, 5) is 37.4. The Kier molecular flexibility index (Phi) is 34.2. The molecule has 0 fully saturated rings. The van der Waals surface area contributed by atoms with Gasteiger partial charge in [0, 0.05) is 12.8 Å². The van der Waals surface area contributed by atoms with Crippen molar-refractivity contribution in [1.29, 1.82) is 0 Å². The van der Waals surface area contributed by atoms with Gasteiger partial charge in [0.1, 0.15) is 19.8 Å². The molecule has 0 aliphatic rings. The first kappa shape index (κ1) is 50.5. The summed E-state index contributed by atoms with van der Waals surface area (Å²) in [7, 11) is 1.16. The van der Waals surface area contributed by atoms with E-state index < -0.39 is 32.5 Å². The number of phosphoric ester groups is 1. The van der Waals surface area contributed by atoms with Crippen molar-refractivity contribution in [2.75, 3.05) is 47.5 Å². The number of esters is 2. The molecule has 2 atom stereocenters. The Hall–Kier alpha value is -1.51. The van der Waals surface area contributed by atoms with Crippen molar-refractivity contribution in [3.63, 3.8) is 0 Å². The Morgan fingerprint density at radius 1 is 0.577 bits per heavy atom. The van der Waals surface area contributed by atoms with E-state index in [1.807, 2.05) is 21.1 Å². The number of rotatable bonds is 38. The zero-order valence-corrected chi connectivity index (χ0v) is 35.2. The average Bonchev–Trinajstić information content (AvgIpc) is 3.09. The zero-order valence-electron chi connectivity index (χ0n) is 34.3. The quantitative estimate of drug-likeness (QED) is 0.0201. The first-order valence-electron chi connectivity index (χ1n) is 21.0. The summed E-state index contributed by atoms with van der Waals surface area (Å²) in [5.74, 6) is -0.848. The number of carbonyl (C=O) groups excluding carboxylic acids is 2. The smallest absolute Gasteiger partial charge is 0.306 e. The van der Waals surface area contributed by atoms with Gasteiger partial charge in [0.2, 0.25) is 0 Å². The molecule has 0 bridgehead atoms. The molecular formula is C42H80NO8P. The second-order valence-corrected chi connectivity index (χ2v) is 16.8. The molecule has 0 aromatic heterocycles. The number of carbonyl (C=O) groups is 2. The summed E-state index contributed by atoms with van der Waals surface area (Å²) in [6.45, 7) is 4.18. The number of allylic oxidation sites excluding steroid dienone is 4. The van der Waals surface area contributed by atoms with E-state index >= 15 is 0 Å². The van der Waals surface area contributed by atoms with Crippen molar-refractivity contribution >= 4 is 19.8 Å². The standard InChI is InChI=1S/C42H80NO8P/c1-6-8-10-12-14-16-18-20-21-23-24-26-28-30-32-34-41(44)48-38-40(39-50-52(46,47)49-37-36-43(3,4)5)51-42(45)35-33-31-29-27-25-22-19-17-15-13-11-9-7-2/h16-19,40H,6-15,20-39H2,1-5H3/b18-16-,19-17-/t40-/m1/s1. The molecule has 0 amide bonds. The summed E-state index contributed by atoms with van der Waals surface area (Å²) >= 11 is 0. The van der Waals surface area contributed by atoms with Crippen LogP contribution in [0.3, 0.4) is 0 Å². The normalized spacial score (nSPS) is 13.9. The number of unbranched alkanes of at least 4 members (excludes halogenated alkanes) is 20. The Labute approximate surface area is 319 Å². The van der Waals surface area contributed by atoms with E-state index in [-0.39, 0.29) is 26.1 Å². The van der Waals surface area contributed by atoms with Gasteiger partial charge in [-0.2, -0.15) is 0 Å². The lowest BCUT2D eigenvalue weighted by molar-refractivity contribution is -0.870. The molecule has 0 aliphatic carbocycles. The molecule has 0 N–H and O–H groups in total. The minimum Gasteiger partial charge on any atom is -0.756 e. The van der Waals surface area contributed by atoms with E-state index in [9.17, 15) is 19.0 Å². The van der Waals surface area contributed by atoms with Crippen LogP contribution in [0.2, 0.25) is 0 Å². The Balaban J connectivity index is 4.39. The average molecular weight is 758 g/mol. The second kappa shape index (κ2) is 35.2. The Bertz CT molecular complexity index is 949. The Morgan fingerprint density at radius 3 is 1.42 bits per heavy atom. The van der Waals surface area contributed by atoms with E-state index in [2.05, 4.69) is 38.2 Å². The zero-order chi connectivity index (χ0) is 38.6. The van der Waals surface area contributed by atoms with Gasteiger partial charge in [-0.05, 0) is 64.2 Å². The van der Waals surface area contributed by atoms with Crippen LogP contribution in [0.5, 0.6) is 0 Å². The van der Waals surface area contributed by atoms with Crippen LogP contribution in [0.1, 0.15) is 181 Å². The number of quaternary nitrogens is 1. The molecule has 10 heteroatoms. The van der Waals surface area contributed by atoms with Crippen LogP contribution >= 0.6 is 7.82 Å². The summed E-state index contributed by atoms with van der Waals surface area (Å²) in [6.07, 6.45) is 36.2. The van der Waals surface area contributed by atoms with Gasteiger partial charge >= 0.3 is 11.9 Å². The van der Waals surface area contributed by atoms with Gasteiger partial charge in [-0.1, -0.05) is 128 Å². The molecule has 52 heavy (non-hydrogen) atoms. The fourth-order valence-electron chi connectivity index (χ4n) is 5.58. The highest BCUT2D eigenvalue weighted by Gasteiger charge is 2.21. The van der Waals surface area contributed by atoms with Gasteiger partial charge in [-0.25, -0.2) is 0 Å². The molecule has 0 saturated heterocycles. The lowest BCUT2D eigenvalue weighted by Crippen LogP contribution is -2.37. The summed E-state index contributed by atoms with van der Waals surface area (Å²) in [6, 6.07) is 0. The minimum absolute atomic E-state index is 0.0321. The maximum Gasteiger partial charge on any atom is 0.306 e. The SMILES string of the molecule is CCCCCC/C=C\CCCCCCCCCC(=O)OC[C@H](COP(=O)([O-])OCC[N+](C)(C)C)OC(=O)CCCCCCC/C=C\CCCCCC. The first-order chi connectivity index (χ1) is 25.0.